The molecule has 0 saturated heterocycles. The average Bonchev–Trinajstić information content (AvgIpc) is 2.85. The number of nitrogens with zero attached hydrogens (tertiary/aromatic N) is 2. The monoisotopic (exact) mass is 418 g/mol. The van der Waals surface area contributed by atoms with E-state index < -0.39 is 0 Å². The van der Waals surface area contributed by atoms with Crippen LogP contribution >= 0.6 is 11.6 Å². The molecule has 5 rings (SSSR count). The summed E-state index contributed by atoms with van der Waals surface area (Å²) in [5.74, 6) is 0. The molecule has 31 heavy (non-hydrogen) atoms. The summed E-state index contributed by atoms with van der Waals surface area (Å²) in [5, 5.41) is 0.703. The second kappa shape index (κ2) is 8.55. The zero-order chi connectivity index (χ0) is 21.0. The Hall–Kier alpha value is -3.75. The van der Waals surface area contributed by atoms with E-state index >= 15 is 0 Å². The molecule has 2 nitrogen and oxygen atoms in total. The molecule has 0 N–H and O–H groups in total. The van der Waals surface area contributed by atoms with Crippen LogP contribution in [-0.4, -0.2) is 9.97 Å². The molecule has 0 saturated carbocycles. The van der Waals surface area contributed by atoms with Crippen molar-refractivity contribution in [2.75, 3.05) is 0 Å². The molecule has 0 atom stereocenters. The van der Waals surface area contributed by atoms with Gasteiger partial charge in [-0.15, -0.1) is 0 Å². The highest BCUT2D eigenvalue weighted by atomic mass is 35.5. The number of halogens is 1. The first-order valence-corrected chi connectivity index (χ1v) is 10.5. The Morgan fingerprint density at radius 2 is 0.871 bits per heavy atom. The van der Waals surface area contributed by atoms with Crippen molar-refractivity contribution in [2.24, 2.45) is 0 Å². The van der Waals surface area contributed by atoms with Crippen molar-refractivity contribution in [2.45, 2.75) is 0 Å². The lowest BCUT2D eigenvalue weighted by Gasteiger charge is -2.14. The number of rotatable bonds is 4. The molecule has 3 aromatic carbocycles. The molecule has 0 fully saturated rings. The first-order valence-electron chi connectivity index (χ1n) is 10.1. The van der Waals surface area contributed by atoms with Crippen LogP contribution in [0.3, 0.4) is 0 Å². The van der Waals surface area contributed by atoms with Crippen LogP contribution < -0.4 is 0 Å². The average molecular weight is 419 g/mol. The fourth-order valence-corrected chi connectivity index (χ4v) is 4.15. The van der Waals surface area contributed by atoms with E-state index in [0.29, 0.717) is 5.02 Å². The van der Waals surface area contributed by atoms with E-state index in [9.17, 15) is 0 Å². The van der Waals surface area contributed by atoms with Crippen LogP contribution in [0.4, 0.5) is 0 Å². The Morgan fingerprint density at radius 3 is 1.26 bits per heavy atom. The predicted molar refractivity (Wildman–Crippen MR) is 129 cm³/mol. The van der Waals surface area contributed by atoms with Crippen LogP contribution in [0.2, 0.25) is 5.02 Å². The minimum Gasteiger partial charge on any atom is -0.264 e. The van der Waals surface area contributed by atoms with Gasteiger partial charge in [0.25, 0.3) is 0 Å². The first-order chi connectivity index (χ1) is 15.3. The third-order valence-corrected chi connectivity index (χ3v) is 5.54. The second-order valence-electron chi connectivity index (χ2n) is 7.30. The lowest BCUT2D eigenvalue weighted by atomic mass is 9.91. The molecule has 0 spiro atoms. The molecule has 0 radical (unpaired) electrons. The van der Waals surface area contributed by atoms with Crippen molar-refractivity contribution in [1.82, 2.24) is 9.97 Å². The van der Waals surface area contributed by atoms with Gasteiger partial charge in [0.1, 0.15) is 0 Å². The van der Waals surface area contributed by atoms with E-state index in [1.165, 1.54) is 0 Å². The highest BCUT2D eigenvalue weighted by molar-refractivity contribution is 6.31. The van der Waals surface area contributed by atoms with Gasteiger partial charge in [0.15, 0.2) is 0 Å². The number of benzene rings is 3. The fourth-order valence-electron chi connectivity index (χ4n) is 3.92. The van der Waals surface area contributed by atoms with Gasteiger partial charge >= 0.3 is 0 Å². The Balaban J connectivity index is 1.68. The van der Waals surface area contributed by atoms with E-state index in [1.54, 1.807) is 12.4 Å². The maximum absolute atomic E-state index is 6.62. The summed E-state index contributed by atoms with van der Waals surface area (Å²) in [6, 6.07) is 31.0. The summed E-state index contributed by atoms with van der Waals surface area (Å²) >= 11 is 6.62. The molecule has 0 amide bonds. The van der Waals surface area contributed by atoms with E-state index in [-0.39, 0.29) is 0 Å². The molecule has 0 aliphatic heterocycles. The minimum absolute atomic E-state index is 0.703. The van der Waals surface area contributed by atoms with Gasteiger partial charge in [-0.2, -0.15) is 0 Å². The molecule has 0 aliphatic rings. The van der Waals surface area contributed by atoms with Gasteiger partial charge < -0.3 is 0 Å². The van der Waals surface area contributed by atoms with Crippen LogP contribution in [0.25, 0.3) is 44.5 Å². The smallest absolute Gasteiger partial charge is 0.0418 e. The molecule has 2 aromatic heterocycles. The maximum Gasteiger partial charge on any atom is 0.0418 e. The van der Waals surface area contributed by atoms with Crippen molar-refractivity contribution >= 4 is 11.6 Å². The second-order valence-corrected chi connectivity index (χ2v) is 7.74. The number of hydrogen-bond acceptors (Lipinski definition) is 2. The third kappa shape index (κ3) is 3.98. The SMILES string of the molecule is Clc1cc(-c2ccccc2-c2cccnc2)cc(-c2ccccc2-c2cccnc2)c1. The summed E-state index contributed by atoms with van der Waals surface area (Å²) in [6.45, 7) is 0. The highest BCUT2D eigenvalue weighted by Crippen LogP contribution is 2.38. The van der Waals surface area contributed by atoms with E-state index in [2.05, 4.69) is 76.7 Å². The van der Waals surface area contributed by atoms with Crippen LogP contribution in [0.15, 0.2) is 116 Å². The van der Waals surface area contributed by atoms with Gasteiger partial charge in [-0.3, -0.25) is 9.97 Å². The molecule has 2 heterocycles. The normalized spacial score (nSPS) is 10.7. The lowest BCUT2D eigenvalue weighted by Crippen LogP contribution is -1.89. The Bertz CT molecular complexity index is 1230. The van der Waals surface area contributed by atoms with Crippen molar-refractivity contribution < 1.29 is 0 Å². The molecule has 148 valence electrons. The Morgan fingerprint density at radius 1 is 0.452 bits per heavy atom. The number of aromatic nitrogens is 2. The minimum atomic E-state index is 0.703. The van der Waals surface area contributed by atoms with Gasteiger partial charge in [-0.1, -0.05) is 72.3 Å². The highest BCUT2D eigenvalue weighted by Gasteiger charge is 2.12. The quantitative estimate of drug-likeness (QED) is 0.297. The van der Waals surface area contributed by atoms with Crippen LogP contribution in [-0.2, 0) is 0 Å². The molecule has 3 heteroatoms. The van der Waals surface area contributed by atoms with Crippen LogP contribution in [0.5, 0.6) is 0 Å². The summed E-state index contributed by atoms with van der Waals surface area (Å²) in [7, 11) is 0. The molecular weight excluding hydrogens is 400 g/mol. The largest absolute Gasteiger partial charge is 0.264 e. The molecule has 5 aromatic rings. The Kier molecular flexibility index (Phi) is 5.30. The van der Waals surface area contributed by atoms with Crippen molar-refractivity contribution in [3.63, 3.8) is 0 Å². The van der Waals surface area contributed by atoms with Crippen LogP contribution in [0.1, 0.15) is 0 Å². The summed E-state index contributed by atoms with van der Waals surface area (Å²) in [6.07, 6.45) is 7.36. The summed E-state index contributed by atoms with van der Waals surface area (Å²) in [4.78, 5) is 8.58. The molecular formula is C28H19ClN2. The van der Waals surface area contributed by atoms with E-state index in [4.69, 9.17) is 11.6 Å². The number of hydrogen-bond donors (Lipinski definition) is 0. The standard InChI is InChI=1S/C28H19ClN2/c29-24-16-22(27-11-3-1-9-25(27)20-7-5-13-30-18-20)15-23(17-24)28-12-4-2-10-26(28)21-8-6-14-31-19-21/h1-19H. The van der Waals surface area contributed by atoms with Gasteiger partial charge in [0, 0.05) is 40.9 Å². The van der Waals surface area contributed by atoms with Gasteiger partial charge in [-0.05, 0) is 63.7 Å². The zero-order valence-electron chi connectivity index (χ0n) is 16.7. The third-order valence-electron chi connectivity index (χ3n) is 5.32. The maximum atomic E-state index is 6.62. The molecule has 0 bridgehead atoms. The van der Waals surface area contributed by atoms with Gasteiger partial charge in [-0.25, -0.2) is 0 Å². The van der Waals surface area contributed by atoms with Crippen LogP contribution in [0, 0.1) is 0 Å². The summed E-state index contributed by atoms with van der Waals surface area (Å²) in [5.41, 5.74) is 8.81. The molecule has 0 aliphatic carbocycles. The van der Waals surface area contributed by atoms with Crippen molar-refractivity contribution in [3.8, 4) is 44.5 Å². The topological polar surface area (TPSA) is 25.8 Å². The van der Waals surface area contributed by atoms with Crippen molar-refractivity contribution in [1.29, 1.82) is 0 Å². The summed E-state index contributed by atoms with van der Waals surface area (Å²) < 4.78 is 0. The van der Waals surface area contributed by atoms with Gasteiger partial charge in [0.05, 0.1) is 0 Å². The lowest BCUT2D eigenvalue weighted by molar-refractivity contribution is 1.33. The van der Waals surface area contributed by atoms with Crippen molar-refractivity contribution in [3.05, 3.63) is 121 Å². The number of pyridine rings is 2. The van der Waals surface area contributed by atoms with Gasteiger partial charge in [0.2, 0.25) is 0 Å². The van der Waals surface area contributed by atoms with E-state index in [0.717, 1.165) is 44.5 Å². The fraction of sp³-hybridized carbons (Fsp3) is 0. The van der Waals surface area contributed by atoms with E-state index in [1.807, 2.05) is 36.7 Å². The predicted octanol–water partition coefficient (Wildman–Crippen LogP) is 7.80. The Labute approximate surface area is 186 Å². The zero-order valence-corrected chi connectivity index (χ0v) is 17.5. The first kappa shape index (κ1) is 19.2. The molecule has 0 unspecified atom stereocenters.